The highest BCUT2D eigenvalue weighted by Gasteiger charge is 2.61. The van der Waals surface area contributed by atoms with Crippen LogP contribution in [-0.2, 0) is 28.6 Å². The number of nitrogens with one attached hydrogen (secondary N) is 2. The summed E-state index contributed by atoms with van der Waals surface area (Å²) in [5.41, 5.74) is 7.22. The van der Waals surface area contributed by atoms with Crippen molar-refractivity contribution in [2.45, 2.75) is 175 Å². The number of esters is 3. The Kier molecular flexibility index (Phi) is 12.9. The Morgan fingerprint density at radius 1 is 0.945 bits per heavy atom. The van der Waals surface area contributed by atoms with Gasteiger partial charge in [-0.2, -0.15) is 5.48 Å². The van der Waals surface area contributed by atoms with Gasteiger partial charge in [-0.25, -0.2) is 4.79 Å². The predicted molar refractivity (Wildman–Crippen MR) is 207 cm³/mol. The third-order valence-corrected chi connectivity index (χ3v) is 14.1. The number of allylic oxidation sites excluding steroid dienone is 2. The van der Waals surface area contributed by atoms with Crippen molar-refractivity contribution in [2.75, 3.05) is 0 Å². The Labute approximate surface area is 327 Å². The molecule has 4 fully saturated rings. The fourth-order valence-corrected chi connectivity index (χ4v) is 11.7. The van der Waals surface area contributed by atoms with Crippen molar-refractivity contribution < 1.29 is 38.7 Å². The van der Waals surface area contributed by atoms with Crippen molar-refractivity contribution in [2.24, 2.45) is 52.1 Å². The van der Waals surface area contributed by atoms with Crippen molar-refractivity contribution in [1.82, 2.24) is 10.8 Å². The minimum atomic E-state index is -1.21. The summed E-state index contributed by atoms with van der Waals surface area (Å²) in [4.78, 5) is 50.3. The van der Waals surface area contributed by atoms with Crippen LogP contribution in [0.15, 0.2) is 23.5 Å². The Morgan fingerprint density at radius 2 is 1.58 bits per heavy atom. The summed E-state index contributed by atoms with van der Waals surface area (Å²) in [7, 11) is 0. The van der Waals surface area contributed by atoms with Crippen LogP contribution >= 0.6 is 0 Å². The monoisotopic (exact) mass is 772 g/mol. The number of fused-ring (bicyclic) bond motifs is 5. The molecule has 55 heavy (non-hydrogen) atoms. The van der Waals surface area contributed by atoms with Crippen LogP contribution in [0.4, 0.5) is 0 Å². The molecular weight excluding hydrogens is 704 g/mol. The number of hydroxylamine groups is 1. The van der Waals surface area contributed by atoms with Crippen molar-refractivity contribution >= 4 is 17.9 Å². The molecule has 7 unspecified atom stereocenters. The summed E-state index contributed by atoms with van der Waals surface area (Å²) in [6.07, 6.45) is 12.9. The lowest BCUT2D eigenvalue weighted by Gasteiger charge is -2.61. The van der Waals surface area contributed by atoms with Gasteiger partial charge in [0.2, 0.25) is 0 Å². The lowest BCUT2D eigenvalue weighted by molar-refractivity contribution is -0.430. The third kappa shape index (κ3) is 9.58. The summed E-state index contributed by atoms with van der Waals surface area (Å²) in [6.45, 7) is 18.3. The summed E-state index contributed by atoms with van der Waals surface area (Å²) < 4.78 is 17.3. The van der Waals surface area contributed by atoms with Crippen molar-refractivity contribution in [3.8, 4) is 0 Å². The van der Waals surface area contributed by atoms with Crippen LogP contribution in [0.25, 0.3) is 0 Å². The van der Waals surface area contributed by atoms with Gasteiger partial charge >= 0.3 is 17.9 Å². The van der Waals surface area contributed by atoms with Crippen molar-refractivity contribution in [3.63, 3.8) is 0 Å². The number of rotatable bonds is 12. The molecule has 13 nitrogen and oxygen atoms in total. The van der Waals surface area contributed by atoms with Gasteiger partial charge in [0.1, 0.15) is 29.4 Å². The summed E-state index contributed by atoms with van der Waals surface area (Å²) in [5.74, 6) is 2.16. The van der Waals surface area contributed by atoms with Crippen molar-refractivity contribution in [1.29, 1.82) is 0 Å². The van der Waals surface area contributed by atoms with Crippen LogP contribution < -0.4 is 16.5 Å². The smallest absolute Gasteiger partial charge is 0.329 e. The highest BCUT2D eigenvalue weighted by molar-refractivity contribution is 5.83. The molecule has 5 aliphatic rings. The average molecular weight is 773 g/mol. The second-order valence-corrected chi connectivity index (χ2v) is 19.9. The minimum Gasteiger partial charge on any atom is -0.461 e. The molecule has 5 rings (SSSR count). The molecule has 5 aliphatic carbocycles. The summed E-state index contributed by atoms with van der Waals surface area (Å²) in [6, 6.07) is -3.49. The Morgan fingerprint density at radius 3 is 2.22 bits per heavy atom. The van der Waals surface area contributed by atoms with Crippen LogP contribution in [0.3, 0.4) is 0 Å². The average Bonchev–Trinajstić information content (AvgIpc) is 3.42. The SMILES string of the molecule is C[C@H](CCC(=O)OC(C)(C)C)C1CC[C@H]2C3CC[C@@H]4C[C@@H](OC(=O)[C@H](CC(=O)OC(C)(C)C)NC5=CC=C([N+](=O)[O-])C(N)C5NO)CCC4(C)C3CCC12C. The molecule has 5 N–H and O–H groups in total. The zero-order chi connectivity index (χ0) is 40.7. The van der Waals surface area contributed by atoms with Gasteiger partial charge in [0, 0.05) is 18.2 Å². The van der Waals surface area contributed by atoms with E-state index in [2.05, 4.69) is 26.1 Å². The normalized spacial score (nSPS) is 35.8. The maximum atomic E-state index is 13.9. The molecule has 0 aromatic carbocycles. The van der Waals surface area contributed by atoms with E-state index in [1.54, 1.807) is 20.8 Å². The summed E-state index contributed by atoms with van der Waals surface area (Å²) >= 11 is 0. The first-order valence-corrected chi connectivity index (χ1v) is 20.7. The van der Waals surface area contributed by atoms with E-state index in [-0.39, 0.29) is 40.7 Å². The van der Waals surface area contributed by atoms with E-state index >= 15 is 0 Å². The van der Waals surface area contributed by atoms with E-state index in [9.17, 15) is 29.7 Å². The fourth-order valence-electron chi connectivity index (χ4n) is 11.7. The highest BCUT2D eigenvalue weighted by atomic mass is 16.6. The van der Waals surface area contributed by atoms with Crippen molar-refractivity contribution in [3.05, 3.63) is 33.7 Å². The van der Waals surface area contributed by atoms with E-state index in [4.69, 9.17) is 19.9 Å². The van der Waals surface area contributed by atoms with Crippen LogP contribution in [-0.4, -0.2) is 63.5 Å². The molecule has 0 heterocycles. The second kappa shape index (κ2) is 16.4. The minimum absolute atomic E-state index is 0.102. The molecule has 12 atom stereocenters. The molecule has 0 aromatic heterocycles. The van der Waals surface area contributed by atoms with E-state index in [0.29, 0.717) is 41.9 Å². The number of hydrogen-bond acceptors (Lipinski definition) is 12. The number of ether oxygens (including phenoxy) is 3. The molecule has 0 amide bonds. The van der Waals surface area contributed by atoms with Gasteiger partial charge in [0.15, 0.2) is 0 Å². The lowest BCUT2D eigenvalue weighted by atomic mass is 9.44. The molecule has 0 bridgehead atoms. The van der Waals surface area contributed by atoms with Gasteiger partial charge in [-0.1, -0.05) is 20.8 Å². The van der Waals surface area contributed by atoms with E-state index in [1.165, 1.54) is 44.3 Å². The van der Waals surface area contributed by atoms with Gasteiger partial charge in [-0.15, -0.1) is 0 Å². The van der Waals surface area contributed by atoms with Gasteiger partial charge in [0.05, 0.1) is 17.4 Å². The molecule has 0 spiro atoms. The molecular formula is C42H68N4O9. The van der Waals surface area contributed by atoms with Crippen LogP contribution in [0.1, 0.15) is 139 Å². The zero-order valence-corrected chi connectivity index (χ0v) is 34.7. The van der Waals surface area contributed by atoms with Gasteiger partial charge in [-0.05, 0) is 158 Å². The molecule has 0 aliphatic heterocycles. The van der Waals surface area contributed by atoms with Gasteiger partial charge < -0.3 is 30.5 Å². The number of carbonyl (C=O) groups is 3. The number of nitrogens with zero attached hydrogens (tertiary/aromatic N) is 1. The Hall–Kier alpha value is -3.03. The molecule has 310 valence electrons. The molecule has 4 saturated carbocycles. The van der Waals surface area contributed by atoms with Crippen LogP contribution in [0.5, 0.6) is 0 Å². The Balaban J connectivity index is 1.23. The lowest BCUT2D eigenvalue weighted by Crippen LogP contribution is -2.55. The number of carbonyl (C=O) groups excluding carboxylic acids is 3. The zero-order valence-electron chi connectivity index (χ0n) is 34.7. The number of hydrogen-bond donors (Lipinski definition) is 4. The highest BCUT2D eigenvalue weighted by Crippen LogP contribution is 2.68. The third-order valence-electron chi connectivity index (χ3n) is 14.1. The topological polar surface area (TPSA) is 192 Å². The fraction of sp³-hybridized carbons (Fsp3) is 0.833. The molecule has 0 radical (unpaired) electrons. The quantitative estimate of drug-likeness (QED) is 0.0708. The molecule has 0 aromatic rings. The van der Waals surface area contributed by atoms with Gasteiger partial charge in [-0.3, -0.25) is 19.7 Å². The first kappa shape index (κ1) is 43.1. The number of nitrogens with two attached hydrogens (primary N) is 1. The number of nitro groups is 1. The molecule has 13 heteroatoms. The first-order chi connectivity index (χ1) is 25.6. The second-order valence-electron chi connectivity index (χ2n) is 19.9. The standard InChI is InChI=1S/C42H68N4O9/c1-24(10-17-34(47)54-39(2,3)4)28-13-14-29-27-12-11-25-22-26(18-20-41(25,8)30(27)19-21-42(28,29)9)53-38(49)32(23-35(48)55-40(5,6)7)44-31-15-16-33(46(51)52)36(43)37(31)45-50/h15-16,24-30,32,36-37,44-45,50H,10-14,17-23,43H2,1-9H3/t24-,25-,26+,27?,28?,29+,30?,32+,36?,37?,41?,42?/m1/s1. The van der Waals surface area contributed by atoms with E-state index < -0.39 is 46.2 Å². The maximum absolute atomic E-state index is 13.9. The Bertz CT molecular complexity index is 1520. The van der Waals surface area contributed by atoms with E-state index in [0.717, 1.165) is 32.1 Å². The predicted octanol–water partition coefficient (Wildman–Crippen LogP) is 6.74. The van der Waals surface area contributed by atoms with Gasteiger partial charge in [0.25, 0.3) is 5.70 Å². The molecule has 0 saturated heterocycles. The van der Waals surface area contributed by atoms with E-state index in [1.807, 2.05) is 26.3 Å². The van der Waals surface area contributed by atoms with Crippen LogP contribution in [0.2, 0.25) is 0 Å². The summed E-state index contributed by atoms with van der Waals surface area (Å²) in [5, 5.41) is 24.4. The van der Waals surface area contributed by atoms with Crippen LogP contribution in [0, 0.1) is 56.5 Å². The maximum Gasteiger partial charge on any atom is 0.329 e. The largest absolute Gasteiger partial charge is 0.461 e. The first-order valence-electron chi connectivity index (χ1n) is 20.7.